The van der Waals surface area contributed by atoms with Crippen LogP contribution in [0.1, 0.15) is 0 Å². The number of anilines is 2. The molecule has 13 heteroatoms. The molecule has 0 fully saturated rings. The van der Waals surface area contributed by atoms with Crippen molar-refractivity contribution < 1.29 is 41.4 Å². The van der Waals surface area contributed by atoms with Crippen LogP contribution in [0.2, 0.25) is 0 Å². The number of nitrogens with one attached hydrogen (secondary N) is 1. The van der Waals surface area contributed by atoms with Crippen LogP contribution in [0, 0.1) is 0 Å². The molecule has 1 aromatic heterocycles. The number of aromatic nitrogens is 1. The van der Waals surface area contributed by atoms with Gasteiger partial charge < -0.3 is 28.8 Å². The molecule has 2 amide bonds. The van der Waals surface area contributed by atoms with Gasteiger partial charge in [-0.1, -0.05) is 24.0 Å². The average Bonchev–Trinajstić information content (AvgIpc) is 3.20. The highest BCUT2D eigenvalue weighted by Crippen LogP contribution is 2.40. The zero-order chi connectivity index (χ0) is 23.5. The van der Waals surface area contributed by atoms with Crippen molar-refractivity contribution in [1.29, 1.82) is 0 Å². The lowest BCUT2D eigenvalue weighted by Crippen LogP contribution is -2.27. The first kappa shape index (κ1) is 23.2. The highest BCUT2D eigenvalue weighted by Gasteiger charge is 2.30. The van der Waals surface area contributed by atoms with E-state index in [1.165, 1.54) is 51.7 Å². The van der Waals surface area contributed by atoms with Gasteiger partial charge in [-0.2, -0.15) is 13.2 Å². The summed E-state index contributed by atoms with van der Waals surface area (Å²) in [4.78, 5) is 12.8. The fourth-order valence-electron chi connectivity index (χ4n) is 2.80. The molecule has 2 aromatic carbocycles. The molecule has 0 spiro atoms. The number of amides is 2. The van der Waals surface area contributed by atoms with E-state index in [0.29, 0.717) is 17.2 Å². The molecule has 9 nitrogen and oxygen atoms in total. The molecule has 0 bridgehead atoms. The van der Waals surface area contributed by atoms with E-state index in [0.717, 1.165) is 4.31 Å². The van der Waals surface area contributed by atoms with E-state index in [1.807, 2.05) is 0 Å². The number of fused-ring (bicyclic) bond motifs is 1. The number of methoxy groups -OCH3 is 3. The van der Waals surface area contributed by atoms with Gasteiger partial charge in [0.2, 0.25) is 11.6 Å². The smallest absolute Gasteiger partial charge is 0.422 e. The summed E-state index contributed by atoms with van der Waals surface area (Å²) in [5.41, 5.74) is 0.379. The van der Waals surface area contributed by atoms with Crippen molar-refractivity contribution in [2.75, 3.05) is 37.6 Å². The fraction of sp³-hybridized carbons (Fsp3) is 0.263. The molecular formula is C19H18F3N3O6S. The summed E-state index contributed by atoms with van der Waals surface area (Å²) in [5.74, 6) is 0.580. The minimum Gasteiger partial charge on any atom is -0.493 e. The Morgan fingerprint density at radius 1 is 1.12 bits per heavy atom. The molecule has 0 saturated carbocycles. The number of hydrogen-bond acceptors (Lipinski definition) is 8. The molecule has 3 aromatic rings. The first-order chi connectivity index (χ1) is 15.2. The largest absolute Gasteiger partial charge is 0.493 e. The molecular weight excluding hydrogens is 455 g/mol. The lowest BCUT2D eigenvalue weighted by molar-refractivity contribution is -0.153. The summed E-state index contributed by atoms with van der Waals surface area (Å²) in [6.45, 7) is -1.53. The minimum absolute atomic E-state index is 0.0480. The molecule has 0 radical (unpaired) electrons. The van der Waals surface area contributed by atoms with Crippen molar-refractivity contribution in [1.82, 2.24) is 5.16 Å². The zero-order valence-electron chi connectivity index (χ0n) is 17.0. The fourth-order valence-corrected chi connectivity index (χ4v) is 2.98. The Hall–Kier alpha value is -3.48. The summed E-state index contributed by atoms with van der Waals surface area (Å²) in [6.07, 6.45) is -4.55. The molecule has 3 rings (SSSR count). The van der Waals surface area contributed by atoms with Crippen LogP contribution >= 0.6 is 12.8 Å². The van der Waals surface area contributed by atoms with Crippen LogP contribution in [0.15, 0.2) is 34.9 Å². The van der Waals surface area contributed by atoms with Gasteiger partial charge in [0.25, 0.3) is 0 Å². The Balaban J connectivity index is 1.90. The van der Waals surface area contributed by atoms with E-state index in [2.05, 4.69) is 23.3 Å². The summed E-state index contributed by atoms with van der Waals surface area (Å²) < 4.78 is 64.2. The standard InChI is InChI=1S/C19H18F3N3O6S/c1-27-13-7-10(8-14(28-2)16(13)29-3)23-18(26)25(32)17-15-11(30-9-19(20,21)22)5-4-6-12(15)31-24-17/h4-8,32H,9H2,1-3H3,(H,23,26). The second kappa shape index (κ2) is 9.34. The quantitative estimate of drug-likeness (QED) is 0.481. The number of carbonyl (C=O) groups excluding carboxylic acids is 1. The summed E-state index contributed by atoms with van der Waals surface area (Å²) in [5, 5.41) is 6.35. The van der Waals surface area contributed by atoms with Crippen LogP contribution in [0.4, 0.5) is 29.5 Å². The van der Waals surface area contributed by atoms with E-state index < -0.39 is 18.8 Å². The number of hydrogen-bond donors (Lipinski definition) is 2. The number of rotatable bonds is 7. The lowest BCUT2D eigenvalue weighted by Gasteiger charge is -2.17. The molecule has 0 saturated heterocycles. The average molecular weight is 473 g/mol. The van der Waals surface area contributed by atoms with Gasteiger partial charge in [0.1, 0.15) is 11.1 Å². The predicted molar refractivity (Wildman–Crippen MR) is 112 cm³/mol. The number of ether oxygens (including phenoxy) is 4. The molecule has 0 aliphatic heterocycles. The maximum atomic E-state index is 12.8. The summed E-state index contributed by atoms with van der Waals surface area (Å²) >= 11 is 4.13. The molecule has 32 heavy (non-hydrogen) atoms. The van der Waals surface area contributed by atoms with Crippen LogP contribution in [0.3, 0.4) is 0 Å². The molecule has 0 aliphatic carbocycles. The maximum Gasteiger partial charge on any atom is 0.422 e. The molecule has 1 N–H and O–H groups in total. The third kappa shape index (κ3) is 4.88. The van der Waals surface area contributed by atoms with Crippen molar-refractivity contribution in [2.45, 2.75) is 6.18 Å². The number of nitrogens with zero attached hydrogens (tertiary/aromatic N) is 2. The lowest BCUT2D eigenvalue weighted by atomic mass is 10.2. The van der Waals surface area contributed by atoms with Crippen LogP contribution in [0.5, 0.6) is 23.0 Å². The zero-order valence-corrected chi connectivity index (χ0v) is 17.9. The van der Waals surface area contributed by atoms with Crippen molar-refractivity contribution in [3.63, 3.8) is 0 Å². The summed E-state index contributed by atoms with van der Waals surface area (Å²) in [7, 11) is 4.26. The molecule has 0 aliphatic rings. The first-order valence-corrected chi connectivity index (χ1v) is 9.26. The maximum absolute atomic E-state index is 12.8. The molecule has 0 unspecified atom stereocenters. The number of alkyl halides is 3. The number of benzene rings is 2. The highest BCUT2D eigenvalue weighted by molar-refractivity contribution is 7.82. The molecule has 1 heterocycles. The summed E-state index contributed by atoms with van der Waals surface area (Å²) in [6, 6.07) is 6.38. The van der Waals surface area contributed by atoms with E-state index in [9.17, 15) is 18.0 Å². The van der Waals surface area contributed by atoms with E-state index in [-0.39, 0.29) is 28.2 Å². The third-order valence-corrected chi connectivity index (χ3v) is 4.51. The van der Waals surface area contributed by atoms with E-state index in [4.69, 9.17) is 23.5 Å². The number of urea groups is 1. The minimum atomic E-state index is -4.55. The van der Waals surface area contributed by atoms with Gasteiger partial charge in [-0.3, -0.25) is 0 Å². The van der Waals surface area contributed by atoms with E-state index in [1.54, 1.807) is 0 Å². The van der Waals surface area contributed by atoms with Gasteiger partial charge in [-0.25, -0.2) is 9.10 Å². The Labute approximate surface area is 185 Å². The van der Waals surface area contributed by atoms with Gasteiger partial charge in [0.05, 0.1) is 27.0 Å². The first-order valence-electron chi connectivity index (χ1n) is 8.86. The second-order valence-corrected chi connectivity index (χ2v) is 6.60. The van der Waals surface area contributed by atoms with Gasteiger partial charge in [-0.15, -0.1) is 0 Å². The van der Waals surface area contributed by atoms with Gasteiger partial charge in [0.15, 0.2) is 23.7 Å². The van der Waals surface area contributed by atoms with Gasteiger partial charge in [-0.05, 0) is 12.1 Å². The van der Waals surface area contributed by atoms with Crippen LogP contribution < -0.4 is 28.6 Å². The normalized spacial score (nSPS) is 11.2. The van der Waals surface area contributed by atoms with E-state index >= 15 is 0 Å². The Morgan fingerprint density at radius 3 is 2.34 bits per heavy atom. The Morgan fingerprint density at radius 2 is 1.78 bits per heavy atom. The molecule has 172 valence electrons. The monoisotopic (exact) mass is 473 g/mol. The van der Waals surface area contributed by atoms with Crippen molar-refractivity contribution in [2.24, 2.45) is 0 Å². The van der Waals surface area contributed by atoms with Crippen LogP contribution in [-0.2, 0) is 0 Å². The second-order valence-electron chi connectivity index (χ2n) is 6.20. The predicted octanol–water partition coefficient (Wildman–Crippen LogP) is 4.68. The highest BCUT2D eigenvalue weighted by atomic mass is 32.1. The van der Waals surface area contributed by atoms with Crippen molar-refractivity contribution in [3.05, 3.63) is 30.3 Å². The van der Waals surface area contributed by atoms with Crippen LogP contribution in [0.25, 0.3) is 11.0 Å². The van der Waals surface area contributed by atoms with Gasteiger partial charge >= 0.3 is 12.2 Å². The van der Waals surface area contributed by atoms with Gasteiger partial charge in [0, 0.05) is 12.1 Å². The number of halogens is 3. The number of thiol groups is 1. The van der Waals surface area contributed by atoms with Crippen molar-refractivity contribution >= 4 is 41.3 Å². The Bertz CT molecular complexity index is 1100. The Kier molecular flexibility index (Phi) is 6.77. The van der Waals surface area contributed by atoms with Crippen molar-refractivity contribution in [3.8, 4) is 23.0 Å². The third-order valence-electron chi connectivity index (χ3n) is 4.14. The topological polar surface area (TPSA) is 95.3 Å². The SMILES string of the molecule is COc1cc(NC(=O)N(S)c2noc3cccc(OCC(F)(F)F)c23)cc(OC)c1OC. The molecule has 0 atom stereocenters. The number of carbonyl (C=O) groups is 1. The van der Waals surface area contributed by atoms with Crippen LogP contribution in [-0.4, -0.2) is 45.3 Å².